The average molecular weight is 231 g/mol. The van der Waals surface area contributed by atoms with Crippen molar-refractivity contribution in [3.05, 3.63) is 29.8 Å². The molecule has 15 heavy (non-hydrogen) atoms. The highest BCUT2D eigenvalue weighted by Crippen LogP contribution is 2.16. The highest BCUT2D eigenvalue weighted by Gasteiger charge is 2.07. The molecule has 82 valence electrons. The molecule has 0 aliphatic carbocycles. The highest BCUT2D eigenvalue weighted by atomic mass is 32.1. The van der Waals surface area contributed by atoms with Gasteiger partial charge in [0.15, 0.2) is 11.6 Å². The second-order valence-electron chi connectivity index (χ2n) is 3.19. The Kier molecular flexibility index (Phi) is 3.96. The van der Waals surface area contributed by atoms with E-state index in [0.717, 1.165) is 12.1 Å². The summed E-state index contributed by atoms with van der Waals surface area (Å²) in [5, 5.41) is 0. The van der Waals surface area contributed by atoms with Crippen LogP contribution in [0.2, 0.25) is 0 Å². The van der Waals surface area contributed by atoms with Crippen molar-refractivity contribution in [2.75, 3.05) is 6.61 Å². The molecule has 0 heterocycles. The number of hydrogen-bond donors (Lipinski definition) is 1. The summed E-state index contributed by atoms with van der Waals surface area (Å²) in [5.41, 5.74) is 5.37. The van der Waals surface area contributed by atoms with Gasteiger partial charge in [0.2, 0.25) is 0 Å². The van der Waals surface area contributed by atoms with Crippen molar-refractivity contribution in [3.8, 4) is 5.75 Å². The quantitative estimate of drug-likeness (QED) is 0.807. The van der Waals surface area contributed by atoms with Crippen molar-refractivity contribution in [1.82, 2.24) is 0 Å². The molecule has 0 saturated carbocycles. The van der Waals surface area contributed by atoms with E-state index in [-0.39, 0.29) is 18.3 Å². The zero-order valence-electron chi connectivity index (χ0n) is 8.17. The first-order valence-corrected chi connectivity index (χ1v) is 4.78. The fraction of sp³-hybridized carbons (Fsp3) is 0.300. The van der Waals surface area contributed by atoms with Gasteiger partial charge < -0.3 is 10.5 Å². The maximum atomic E-state index is 12.8. The third-order valence-corrected chi connectivity index (χ3v) is 2.28. The summed E-state index contributed by atoms with van der Waals surface area (Å²) in [6, 6.07) is 3.35. The van der Waals surface area contributed by atoms with Gasteiger partial charge in [0, 0.05) is 12.0 Å². The number of rotatable bonds is 4. The van der Waals surface area contributed by atoms with Gasteiger partial charge in [0.1, 0.15) is 5.75 Å². The summed E-state index contributed by atoms with van der Waals surface area (Å²) < 4.78 is 30.5. The minimum absolute atomic E-state index is 0.104. The molecular formula is C10H11F2NOS. The minimum atomic E-state index is -0.935. The smallest absolute Gasteiger partial charge is 0.162 e. The standard InChI is InChI=1S/C10H11F2NOS/c1-6(10(13)15)5-14-7-2-3-8(11)9(12)4-7/h2-4,6H,5H2,1H3,(H2,13,15). The van der Waals surface area contributed by atoms with Crippen LogP contribution in [0.25, 0.3) is 0 Å². The number of hydrogen-bond acceptors (Lipinski definition) is 2. The van der Waals surface area contributed by atoms with Crippen molar-refractivity contribution in [2.24, 2.45) is 11.7 Å². The Labute approximate surface area is 92.0 Å². The second kappa shape index (κ2) is 5.02. The molecule has 1 rings (SSSR count). The SMILES string of the molecule is CC(COc1ccc(F)c(F)c1)C(N)=S. The first kappa shape index (κ1) is 11.8. The van der Waals surface area contributed by atoms with Crippen LogP contribution in [0.5, 0.6) is 5.75 Å². The van der Waals surface area contributed by atoms with Crippen LogP contribution in [-0.4, -0.2) is 11.6 Å². The van der Waals surface area contributed by atoms with Crippen LogP contribution >= 0.6 is 12.2 Å². The van der Waals surface area contributed by atoms with Gasteiger partial charge >= 0.3 is 0 Å². The van der Waals surface area contributed by atoms with Gasteiger partial charge in [-0.2, -0.15) is 0 Å². The number of ether oxygens (including phenoxy) is 1. The van der Waals surface area contributed by atoms with E-state index in [1.807, 2.05) is 0 Å². The molecule has 5 heteroatoms. The molecule has 0 saturated heterocycles. The molecule has 1 aromatic carbocycles. The predicted molar refractivity (Wildman–Crippen MR) is 57.8 cm³/mol. The van der Waals surface area contributed by atoms with Gasteiger partial charge in [-0.3, -0.25) is 0 Å². The van der Waals surface area contributed by atoms with Gasteiger partial charge in [0.25, 0.3) is 0 Å². The number of nitrogens with two attached hydrogens (primary N) is 1. The highest BCUT2D eigenvalue weighted by molar-refractivity contribution is 7.80. The molecule has 2 N–H and O–H groups in total. The Hall–Kier alpha value is -1.23. The van der Waals surface area contributed by atoms with Crippen LogP contribution in [0.4, 0.5) is 8.78 Å². The summed E-state index contributed by atoms with van der Waals surface area (Å²) in [6.45, 7) is 2.04. The summed E-state index contributed by atoms with van der Waals surface area (Å²) >= 11 is 4.74. The zero-order chi connectivity index (χ0) is 11.4. The van der Waals surface area contributed by atoms with E-state index in [1.165, 1.54) is 6.07 Å². The molecule has 0 aromatic heterocycles. The Morgan fingerprint density at radius 2 is 2.13 bits per heavy atom. The van der Waals surface area contributed by atoms with E-state index in [2.05, 4.69) is 0 Å². The topological polar surface area (TPSA) is 35.2 Å². The lowest BCUT2D eigenvalue weighted by atomic mass is 10.2. The molecule has 1 atom stereocenters. The first-order valence-electron chi connectivity index (χ1n) is 4.38. The monoisotopic (exact) mass is 231 g/mol. The maximum absolute atomic E-state index is 12.8. The second-order valence-corrected chi connectivity index (χ2v) is 3.66. The van der Waals surface area contributed by atoms with Gasteiger partial charge in [-0.25, -0.2) is 8.78 Å². The predicted octanol–water partition coefficient (Wildman–Crippen LogP) is 2.27. The molecule has 2 nitrogen and oxygen atoms in total. The van der Waals surface area contributed by atoms with Crippen molar-refractivity contribution in [2.45, 2.75) is 6.92 Å². The first-order chi connectivity index (χ1) is 7.00. The molecule has 1 unspecified atom stereocenters. The van der Waals surface area contributed by atoms with Crippen LogP contribution in [0.15, 0.2) is 18.2 Å². The molecule has 0 radical (unpaired) electrons. The molecule has 0 aliphatic heterocycles. The zero-order valence-corrected chi connectivity index (χ0v) is 8.98. The lowest BCUT2D eigenvalue weighted by Crippen LogP contribution is -2.24. The van der Waals surface area contributed by atoms with Gasteiger partial charge in [0.05, 0.1) is 11.6 Å². The van der Waals surface area contributed by atoms with Crippen LogP contribution in [0, 0.1) is 17.6 Å². The van der Waals surface area contributed by atoms with E-state index in [1.54, 1.807) is 6.92 Å². The van der Waals surface area contributed by atoms with Crippen molar-refractivity contribution >= 4 is 17.2 Å². The average Bonchev–Trinajstić information content (AvgIpc) is 2.19. The fourth-order valence-electron chi connectivity index (χ4n) is 0.870. The number of benzene rings is 1. The van der Waals surface area contributed by atoms with Crippen molar-refractivity contribution < 1.29 is 13.5 Å². The Morgan fingerprint density at radius 3 is 2.67 bits per heavy atom. The van der Waals surface area contributed by atoms with E-state index in [9.17, 15) is 8.78 Å². The maximum Gasteiger partial charge on any atom is 0.162 e. The summed E-state index contributed by atoms with van der Waals surface area (Å²) in [5.74, 6) is -1.68. The Morgan fingerprint density at radius 1 is 1.47 bits per heavy atom. The minimum Gasteiger partial charge on any atom is -0.493 e. The molecule has 1 aromatic rings. The molecule has 0 amide bonds. The van der Waals surface area contributed by atoms with Gasteiger partial charge in [-0.1, -0.05) is 19.1 Å². The van der Waals surface area contributed by atoms with E-state index >= 15 is 0 Å². The lowest BCUT2D eigenvalue weighted by molar-refractivity contribution is 0.291. The van der Waals surface area contributed by atoms with Crippen LogP contribution in [0.1, 0.15) is 6.92 Å². The lowest BCUT2D eigenvalue weighted by Gasteiger charge is -2.11. The molecule has 0 spiro atoms. The third kappa shape index (κ3) is 3.43. The molecule has 0 fully saturated rings. The van der Waals surface area contributed by atoms with Crippen LogP contribution in [-0.2, 0) is 0 Å². The Balaban J connectivity index is 2.58. The summed E-state index contributed by atoms with van der Waals surface area (Å²) in [6.07, 6.45) is 0. The van der Waals surface area contributed by atoms with E-state index in [0.29, 0.717) is 4.99 Å². The van der Waals surface area contributed by atoms with E-state index < -0.39 is 11.6 Å². The normalized spacial score (nSPS) is 12.2. The van der Waals surface area contributed by atoms with Crippen molar-refractivity contribution in [3.63, 3.8) is 0 Å². The number of halogens is 2. The summed E-state index contributed by atoms with van der Waals surface area (Å²) in [7, 11) is 0. The van der Waals surface area contributed by atoms with Crippen molar-refractivity contribution in [1.29, 1.82) is 0 Å². The Bertz CT molecular complexity index is 370. The van der Waals surface area contributed by atoms with Crippen LogP contribution < -0.4 is 10.5 Å². The van der Waals surface area contributed by atoms with Gasteiger partial charge in [-0.05, 0) is 12.1 Å². The molecular weight excluding hydrogens is 220 g/mol. The van der Waals surface area contributed by atoms with Gasteiger partial charge in [-0.15, -0.1) is 0 Å². The fourth-order valence-corrected chi connectivity index (χ4v) is 0.938. The largest absolute Gasteiger partial charge is 0.493 e. The molecule has 0 aliphatic rings. The number of thiocarbonyl (C=S) groups is 1. The third-order valence-electron chi connectivity index (χ3n) is 1.88. The summed E-state index contributed by atoms with van der Waals surface area (Å²) in [4.78, 5) is 0.331. The van der Waals surface area contributed by atoms with E-state index in [4.69, 9.17) is 22.7 Å². The van der Waals surface area contributed by atoms with Crippen LogP contribution in [0.3, 0.4) is 0 Å². The molecule has 0 bridgehead atoms.